The monoisotopic (exact) mass is 508 g/mol. The van der Waals surface area contributed by atoms with Crippen LogP contribution in [-0.4, -0.2) is 41.8 Å². The Morgan fingerprint density at radius 2 is 1.66 bits per heavy atom. The number of nitrogens with zero attached hydrogens (tertiary/aromatic N) is 1. The molecule has 0 saturated heterocycles. The fourth-order valence-electron chi connectivity index (χ4n) is 4.01. The molecule has 190 valence electrons. The van der Waals surface area contributed by atoms with E-state index >= 15 is 0 Å². The third-order valence-electron chi connectivity index (χ3n) is 5.89. The molecular weight excluding hydrogens is 478 g/mol. The zero-order valence-corrected chi connectivity index (χ0v) is 20.9. The lowest BCUT2D eigenvalue weighted by Crippen LogP contribution is -2.53. The summed E-state index contributed by atoms with van der Waals surface area (Å²) in [6.45, 7) is 5.67. The standard InChI is InChI=1S/C25H30F2N4O3.ClH/c1-14(2)12-20(29-23(32)15(3)28-4)25(34)31-13-16-8-5-6-9-17(16)22(31)24(33)30-21-18(26)10-7-11-19(21)27;/h5-11,14-15,20,22,28H,12-13H2,1-4H3,(H,29,32)(H,30,33);1H/t15-,20-,22-;/m0./s1. The first-order valence-electron chi connectivity index (χ1n) is 11.2. The van der Waals surface area contributed by atoms with Gasteiger partial charge in [0, 0.05) is 6.54 Å². The Labute approximate surface area is 210 Å². The number of nitrogens with one attached hydrogen (secondary N) is 3. The molecule has 0 fully saturated rings. The predicted molar refractivity (Wildman–Crippen MR) is 132 cm³/mol. The van der Waals surface area contributed by atoms with Crippen LogP contribution in [0.25, 0.3) is 0 Å². The van der Waals surface area contributed by atoms with Crippen molar-refractivity contribution in [3.05, 3.63) is 65.2 Å². The van der Waals surface area contributed by atoms with Gasteiger partial charge in [-0.05, 0) is 49.6 Å². The Bertz CT molecular complexity index is 1060. The average molecular weight is 509 g/mol. The van der Waals surface area contributed by atoms with Crippen LogP contribution in [0.2, 0.25) is 0 Å². The van der Waals surface area contributed by atoms with Crippen molar-refractivity contribution in [2.24, 2.45) is 5.92 Å². The number of likely N-dealkylation sites (N-methyl/N-ethyl adjacent to an activating group) is 1. The van der Waals surface area contributed by atoms with Crippen LogP contribution in [0.1, 0.15) is 44.4 Å². The molecule has 0 spiro atoms. The molecule has 7 nitrogen and oxygen atoms in total. The largest absolute Gasteiger partial charge is 0.343 e. The van der Waals surface area contributed by atoms with Gasteiger partial charge in [-0.3, -0.25) is 14.4 Å². The number of fused-ring (bicyclic) bond motifs is 1. The Balaban J connectivity index is 0.00000432. The molecule has 0 bridgehead atoms. The fraction of sp³-hybridized carbons (Fsp3) is 0.400. The lowest BCUT2D eigenvalue weighted by Gasteiger charge is -2.30. The van der Waals surface area contributed by atoms with Gasteiger partial charge in [0.1, 0.15) is 29.4 Å². The number of anilines is 1. The molecule has 3 atom stereocenters. The highest BCUT2D eigenvalue weighted by Gasteiger charge is 2.41. The summed E-state index contributed by atoms with van der Waals surface area (Å²) in [6, 6.07) is 7.85. The third-order valence-corrected chi connectivity index (χ3v) is 5.89. The average Bonchev–Trinajstić information content (AvgIpc) is 3.19. The molecular formula is C25H31ClF2N4O3. The third kappa shape index (κ3) is 6.35. The number of benzene rings is 2. The molecule has 3 rings (SSSR count). The first-order chi connectivity index (χ1) is 16.1. The molecule has 0 radical (unpaired) electrons. The Morgan fingerprint density at radius 1 is 1.03 bits per heavy atom. The quantitative estimate of drug-likeness (QED) is 0.508. The minimum atomic E-state index is -1.10. The van der Waals surface area contributed by atoms with Gasteiger partial charge in [-0.25, -0.2) is 8.78 Å². The minimum absolute atomic E-state index is 0. The highest BCUT2D eigenvalue weighted by molar-refractivity contribution is 6.00. The van der Waals surface area contributed by atoms with Crippen molar-refractivity contribution in [3.63, 3.8) is 0 Å². The van der Waals surface area contributed by atoms with E-state index in [0.717, 1.165) is 17.7 Å². The van der Waals surface area contributed by atoms with Gasteiger partial charge in [0.2, 0.25) is 11.8 Å². The Morgan fingerprint density at radius 3 is 2.26 bits per heavy atom. The van der Waals surface area contributed by atoms with Crippen LogP contribution in [-0.2, 0) is 20.9 Å². The zero-order valence-electron chi connectivity index (χ0n) is 20.1. The van der Waals surface area contributed by atoms with Gasteiger partial charge < -0.3 is 20.9 Å². The van der Waals surface area contributed by atoms with Gasteiger partial charge in [0.15, 0.2) is 0 Å². The summed E-state index contributed by atoms with van der Waals surface area (Å²) < 4.78 is 28.4. The van der Waals surface area contributed by atoms with Crippen molar-refractivity contribution < 1.29 is 23.2 Å². The van der Waals surface area contributed by atoms with Crippen LogP contribution in [0.15, 0.2) is 42.5 Å². The van der Waals surface area contributed by atoms with Crippen LogP contribution in [0.5, 0.6) is 0 Å². The van der Waals surface area contributed by atoms with E-state index in [1.165, 1.54) is 11.0 Å². The van der Waals surface area contributed by atoms with E-state index in [0.29, 0.717) is 12.0 Å². The summed E-state index contributed by atoms with van der Waals surface area (Å²) in [5.41, 5.74) is 0.755. The number of hydrogen-bond acceptors (Lipinski definition) is 4. The number of halogens is 3. The van der Waals surface area contributed by atoms with Crippen molar-refractivity contribution in [1.82, 2.24) is 15.5 Å². The zero-order chi connectivity index (χ0) is 25.0. The van der Waals surface area contributed by atoms with E-state index in [-0.39, 0.29) is 30.8 Å². The SMILES string of the molecule is CN[C@@H](C)C(=O)N[C@@H](CC(C)C)C(=O)N1Cc2ccccc2[C@H]1C(=O)Nc1c(F)cccc1F.Cl. The van der Waals surface area contributed by atoms with Gasteiger partial charge >= 0.3 is 0 Å². The van der Waals surface area contributed by atoms with Crippen molar-refractivity contribution in [3.8, 4) is 0 Å². The first kappa shape index (κ1) is 28.2. The molecule has 3 amide bonds. The summed E-state index contributed by atoms with van der Waals surface area (Å²) in [6.07, 6.45) is 0.365. The summed E-state index contributed by atoms with van der Waals surface area (Å²) in [5, 5.41) is 7.94. The Kier molecular flexibility index (Phi) is 9.73. The summed E-state index contributed by atoms with van der Waals surface area (Å²) in [5.74, 6) is -3.25. The second-order valence-electron chi connectivity index (χ2n) is 8.85. The molecule has 0 aromatic heterocycles. The van der Waals surface area contributed by atoms with Gasteiger partial charge in [0.25, 0.3) is 5.91 Å². The molecule has 10 heteroatoms. The van der Waals surface area contributed by atoms with E-state index in [9.17, 15) is 23.2 Å². The number of rotatable bonds is 8. The molecule has 2 aromatic rings. The maximum Gasteiger partial charge on any atom is 0.252 e. The minimum Gasteiger partial charge on any atom is -0.343 e. The molecule has 3 N–H and O–H groups in total. The molecule has 1 heterocycles. The number of carbonyl (C=O) groups excluding carboxylic acids is 3. The number of amides is 3. The Hall–Kier alpha value is -3.04. The number of hydrogen-bond donors (Lipinski definition) is 3. The van der Waals surface area contributed by atoms with Crippen molar-refractivity contribution in [1.29, 1.82) is 0 Å². The molecule has 0 saturated carbocycles. The highest BCUT2D eigenvalue weighted by atomic mass is 35.5. The normalized spacial score (nSPS) is 16.2. The molecule has 0 aliphatic carbocycles. The molecule has 0 unspecified atom stereocenters. The number of para-hydroxylation sites is 1. The smallest absolute Gasteiger partial charge is 0.252 e. The summed E-state index contributed by atoms with van der Waals surface area (Å²) in [7, 11) is 1.64. The summed E-state index contributed by atoms with van der Waals surface area (Å²) >= 11 is 0. The second-order valence-corrected chi connectivity index (χ2v) is 8.85. The first-order valence-corrected chi connectivity index (χ1v) is 11.2. The van der Waals surface area contributed by atoms with Crippen LogP contribution in [0.3, 0.4) is 0 Å². The van der Waals surface area contributed by atoms with Gasteiger partial charge in [-0.2, -0.15) is 0 Å². The topological polar surface area (TPSA) is 90.5 Å². The van der Waals surface area contributed by atoms with E-state index < -0.39 is 47.3 Å². The maximum absolute atomic E-state index is 14.2. The molecule has 1 aliphatic rings. The van der Waals surface area contributed by atoms with Crippen LogP contribution >= 0.6 is 12.4 Å². The maximum atomic E-state index is 14.2. The highest BCUT2D eigenvalue weighted by Crippen LogP contribution is 2.36. The van der Waals surface area contributed by atoms with E-state index in [2.05, 4.69) is 16.0 Å². The van der Waals surface area contributed by atoms with E-state index in [1.807, 2.05) is 13.8 Å². The van der Waals surface area contributed by atoms with Crippen molar-refractivity contribution >= 4 is 35.8 Å². The van der Waals surface area contributed by atoms with Crippen molar-refractivity contribution in [2.75, 3.05) is 12.4 Å². The molecule has 2 aromatic carbocycles. The van der Waals surface area contributed by atoms with E-state index in [1.54, 1.807) is 38.2 Å². The number of carbonyl (C=O) groups is 3. The van der Waals surface area contributed by atoms with Gasteiger partial charge in [-0.1, -0.05) is 44.2 Å². The van der Waals surface area contributed by atoms with Gasteiger partial charge in [-0.15, -0.1) is 12.4 Å². The lowest BCUT2D eigenvalue weighted by molar-refractivity contribution is -0.142. The molecule has 1 aliphatic heterocycles. The summed E-state index contributed by atoms with van der Waals surface area (Å²) in [4.78, 5) is 40.8. The fourth-order valence-corrected chi connectivity index (χ4v) is 4.01. The van der Waals surface area contributed by atoms with Crippen LogP contribution in [0.4, 0.5) is 14.5 Å². The second kappa shape index (κ2) is 12.1. The predicted octanol–water partition coefficient (Wildman–Crippen LogP) is 3.55. The van der Waals surface area contributed by atoms with Crippen molar-refractivity contribution in [2.45, 2.75) is 51.9 Å². The van der Waals surface area contributed by atoms with Gasteiger partial charge in [0.05, 0.1) is 6.04 Å². The lowest BCUT2D eigenvalue weighted by atomic mass is 10.0. The van der Waals surface area contributed by atoms with Crippen LogP contribution < -0.4 is 16.0 Å². The van der Waals surface area contributed by atoms with E-state index in [4.69, 9.17) is 0 Å². The van der Waals surface area contributed by atoms with Crippen LogP contribution in [0, 0.1) is 17.6 Å². The molecule has 35 heavy (non-hydrogen) atoms.